The summed E-state index contributed by atoms with van der Waals surface area (Å²) in [6.45, 7) is 5.56. The van der Waals surface area contributed by atoms with Crippen LogP contribution in [0.25, 0.3) is 0 Å². The van der Waals surface area contributed by atoms with Crippen LogP contribution in [0, 0.1) is 17.0 Å². The molecule has 0 unspecified atom stereocenters. The number of rotatable bonds is 5. The number of hydrogen-bond acceptors (Lipinski definition) is 7. The van der Waals surface area contributed by atoms with Gasteiger partial charge in [-0.3, -0.25) is 9.59 Å². The maximum atomic E-state index is 14.3. The second-order valence-electron chi connectivity index (χ2n) is 7.51. The molecule has 158 valence electrons. The van der Waals surface area contributed by atoms with E-state index in [9.17, 15) is 28.2 Å². The van der Waals surface area contributed by atoms with E-state index in [0.717, 1.165) is 6.07 Å². The Bertz CT molecular complexity index is 825. The minimum atomic E-state index is -1.59. The third-order valence-corrected chi connectivity index (χ3v) is 4.14. The van der Waals surface area contributed by atoms with Gasteiger partial charge in [-0.05, 0) is 38.8 Å². The summed E-state index contributed by atoms with van der Waals surface area (Å²) in [6, 6.07) is 0.818. The van der Waals surface area contributed by atoms with Crippen molar-refractivity contribution in [2.45, 2.75) is 46.5 Å². The Morgan fingerprint density at radius 2 is 1.97 bits per heavy atom. The average molecular weight is 413 g/mol. The van der Waals surface area contributed by atoms with Crippen LogP contribution in [0.1, 0.15) is 50.0 Å². The molecule has 1 amide bonds. The Balaban J connectivity index is 2.22. The third kappa shape index (κ3) is 5.23. The molecule has 1 atom stereocenters. The number of carbonyl (C=O) groups excluding carboxylic acids is 3. The van der Waals surface area contributed by atoms with Gasteiger partial charge in [-0.2, -0.15) is 0 Å². The molecule has 1 aliphatic heterocycles. The van der Waals surface area contributed by atoms with Crippen LogP contribution in [0.3, 0.4) is 0 Å². The topological polar surface area (TPSA) is 111 Å². The van der Waals surface area contributed by atoms with Crippen LogP contribution in [-0.2, 0) is 25.5 Å². The van der Waals surface area contributed by atoms with Crippen LogP contribution in [0.4, 0.5) is 8.78 Å². The van der Waals surface area contributed by atoms with Gasteiger partial charge in [0.2, 0.25) is 12.7 Å². The summed E-state index contributed by atoms with van der Waals surface area (Å²) < 4.78 is 43.0. The summed E-state index contributed by atoms with van der Waals surface area (Å²) in [5.41, 5.74) is -1.65. The molecule has 0 aliphatic carbocycles. The molecule has 1 aromatic carbocycles. The first-order chi connectivity index (χ1) is 13.5. The van der Waals surface area contributed by atoms with E-state index in [0.29, 0.717) is 0 Å². The molecule has 0 saturated heterocycles. The minimum Gasteiger partial charge on any atom is -0.534 e. The number of halogens is 2. The molecule has 0 spiro atoms. The lowest BCUT2D eigenvalue weighted by molar-refractivity contribution is -0.161. The number of esters is 2. The van der Waals surface area contributed by atoms with Crippen molar-refractivity contribution in [3.05, 3.63) is 28.8 Å². The second kappa shape index (κ2) is 8.77. The molecule has 0 bridgehead atoms. The molecule has 2 N–H and O–H groups in total. The van der Waals surface area contributed by atoms with E-state index >= 15 is 0 Å². The van der Waals surface area contributed by atoms with Gasteiger partial charge >= 0.3 is 19.1 Å². The zero-order valence-electron chi connectivity index (χ0n) is 16.5. The van der Waals surface area contributed by atoms with Crippen molar-refractivity contribution in [1.29, 1.82) is 0 Å². The predicted molar refractivity (Wildman–Crippen MR) is 96.7 cm³/mol. The Morgan fingerprint density at radius 1 is 1.31 bits per heavy atom. The Morgan fingerprint density at radius 3 is 2.55 bits per heavy atom. The third-order valence-electron chi connectivity index (χ3n) is 4.14. The quantitative estimate of drug-likeness (QED) is 0.428. The molecule has 11 heteroatoms. The van der Waals surface area contributed by atoms with E-state index in [1.54, 1.807) is 27.7 Å². The van der Waals surface area contributed by atoms with Crippen LogP contribution < -0.4 is 9.97 Å². The minimum absolute atomic E-state index is 0.0641. The van der Waals surface area contributed by atoms with Gasteiger partial charge in [0.05, 0.1) is 11.4 Å². The fourth-order valence-electron chi connectivity index (χ4n) is 2.53. The van der Waals surface area contributed by atoms with Crippen molar-refractivity contribution in [3.8, 4) is 5.75 Å². The van der Waals surface area contributed by atoms with Gasteiger partial charge in [-0.15, -0.1) is 0 Å². The zero-order chi connectivity index (χ0) is 21.9. The lowest BCUT2D eigenvalue weighted by Gasteiger charge is -2.29. The summed E-state index contributed by atoms with van der Waals surface area (Å²) in [7, 11) is -1.59. The van der Waals surface area contributed by atoms with Crippen molar-refractivity contribution in [1.82, 2.24) is 5.32 Å². The molecule has 29 heavy (non-hydrogen) atoms. The largest absolute Gasteiger partial charge is 0.547 e. The van der Waals surface area contributed by atoms with Crippen LogP contribution in [0.2, 0.25) is 0 Å². The number of amides is 1. The number of fused-ring (bicyclic) bond motifs is 1. The normalized spacial score (nSPS) is 15.8. The molecule has 1 aliphatic rings. The van der Waals surface area contributed by atoms with Gasteiger partial charge in [0.25, 0.3) is 0 Å². The number of carbonyl (C=O) groups is 3. The summed E-state index contributed by atoms with van der Waals surface area (Å²) in [4.78, 5) is 35.5. The summed E-state index contributed by atoms with van der Waals surface area (Å²) >= 11 is 0. The molecule has 8 nitrogen and oxygen atoms in total. The van der Waals surface area contributed by atoms with E-state index in [1.165, 1.54) is 0 Å². The van der Waals surface area contributed by atoms with Gasteiger partial charge in [-0.25, -0.2) is 13.6 Å². The Kier molecular flexibility index (Phi) is 6.83. The highest BCUT2D eigenvalue weighted by Crippen LogP contribution is 2.34. The second-order valence-corrected chi connectivity index (χ2v) is 7.51. The smallest absolute Gasteiger partial charge is 0.534 e. The summed E-state index contributed by atoms with van der Waals surface area (Å²) in [6.07, 6.45) is 0.0530. The van der Waals surface area contributed by atoms with Crippen LogP contribution >= 0.6 is 0 Å². The van der Waals surface area contributed by atoms with Crippen molar-refractivity contribution >= 4 is 25.0 Å². The van der Waals surface area contributed by atoms with Gasteiger partial charge in [-0.1, -0.05) is 6.92 Å². The number of benzene rings is 1. The predicted octanol–water partition coefficient (Wildman–Crippen LogP) is 1.52. The van der Waals surface area contributed by atoms with Crippen LogP contribution in [0.15, 0.2) is 6.07 Å². The van der Waals surface area contributed by atoms with Gasteiger partial charge in [0.1, 0.15) is 11.3 Å². The van der Waals surface area contributed by atoms with E-state index in [4.69, 9.17) is 14.1 Å². The van der Waals surface area contributed by atoms with Gasteiger partial charge in [0, 0.05) is 6.42 Å². The fourth-order valence-corrected chi connectivity index (χ4v) is 2.53. The standard InChI is InChI=1S/C18H22BF2NO7/c1-5-12(23)22-11-7-9-6-10(20)14(21)13(15(9)29-19(11)26)16(24)27-8-28-17(25)18(2,3)4/h6,11,26H,5,7-8H2,1-4H3,(H,22,23)/t11-/m0/s1. The first-order valence-corrected chi connectivity index (χ1v) is 8.95. The van der Waals surface area contributed by atoms with Crippen molar-refractivity contribution < 1.29 is 42.3 Å². The highest BCUT2D eigenvalue weighted by Gasteiger charge is 2.40. The molecular formula is C18H22BF2NO7. The summed E-state index contributed by atoms with van der Waals surface area (Å²) in [5.74, 6) is -6.52. The number of ether oxygens (including phenoxy) is 2. The maximum absolute atomic E-state index is 14.3. The molecule has 1 heterocycles. The zero-order valence-corrected chi connectivity index (χ0v) is 16.5. The molecule has 0 saturated carbocycles. The maximum Gasteiger partial charge on any atom is 0.547 e. The lowest BCUT2D eigenvalue weighted by atomic mass is 9.72. The average Bonchev–Trinajstić information content (AvgIpc) is 2.63. The van der Waals surface area contributed by atoms with Crippen LogP contribution in [0.5, 0.6) is 5.75 Å². The van der Waals surface area contributed by atoms with Crippen molar-refractivity contribution in [3.63, 3.8) is 0 Å². The van der Waals surface area contributed by atoms with Gasteiger partial charge < -0.3 is 24.5 Å². The number of nitrogens with one attached hydrogen (secondary N) is 1. The Labute approximate surface area is 166 Å². The van der Waals surface area contributed by atoms with E-state index in [2.05, 4.69) is 5.32 Å². The first kappa shape index (κ1) is 22.6. The van der Waals surface area contributed by atoms with Crippen LogP contribution in [-0.4, -0.2) is 42.7 Å². The lowest BCUT2D eigenvalue weighted by Crippen LogP contribution is -2.53. The molecule has 2 rings (SSSR count). The molecule has 1 aromatic rings. The summed E-state index contributed by atoms with van der Waals surface area (Å²) in [5, 5.41) is 12.6. The van der Waals surface area contributed by atoms with Gasteiger partial charge in [0.15, 0.2) is 11.6 Å². The highest BCUT2D eigenvalue weighted by molar-refractivity contribution is 6.47. The molecule has 0 fully saturated rings. The molecule has 0 radical (unpaired) electrons. The highest BCUT2D eigenvalue weighted by atomic mass is 19.2. The Hall–Kier alpha value is -2.69. The number of hydrogen-bond donors (Lipinski definition) is 2. The van der Waals surface area contributed by atoms with E-state index in [1.807, 2.05) is 0 Å². The monoisotopic (exact) mass is 413 g/mol. The fraction of sp³-hybridized carbons (Fsp3) is 0.500. The first-order valence-electron chi connectivity index (χ1n) is 8.95. The molecule has 0 aromatic heterocycles. The van der Waals surface area contributed by atoms with Crippen molar-refractivity contribution in [2.75, 3.05) is 6.79 Å². The van der Waals surface area contributed by atoms with E-state index in [-0.39, 0.29) is 24.3 Å². The van der Waals surface area contributed by atoms with Crippen molar-refractivity contribution in [2.24, 2.45) is 5.41 Å². The molecular weight excluding hydrogens is 391 g/mol. The SMILES string of the molecule is CCC(=O)N[C@H]1Cc2cc(F)c(F)c(C(=O)OCOC(=O)C(C)(C)C)c2OB1O. The van der Waals surface area contributed by atoms with E-state index < -0.39 is 60.2 Å².